The quantitative estimate of drug-likeness (QED) is 0.603. The Morgan fingerprint density at radius 3 is 2.30 bits per heavy atom. The molecule has 0 saturated heterocycles. The van der Waals surface area contributed by atoms with Gasteiger partial charge in [0.2, 0.25) is 0 Å². The van der Waals surface area contributed by atoms with Crippen molar-refractivity contribution < 1.29 is 14.9 Å². The van der Waals surface area contributed by atoms with Gasteiger partial charge in [0, 0.05) is 16.7 Å². The zero-order valence-electron chi connectivity index (χ0n) is 13.2. The van der Waals surface area contributed by atoms with Crippen molar-refractivity contribution in [2.75, 3.05) is 7.11 Å². The van der Waals surface area contributed by atoms with Gasteiger partial charge in [0.05, 0.1) is 7.11 Å². The number of unbranched alkanes of at least 4 members (excludes halogenated alkanes) is 1. The second-order valence-corrected chi connectivity index (χ2v) is 5.40. The van der Waals surface area contributed by atoms with Crippen LogP contribution < -0.4 is 4.74 Å². The largest absolute Gasteiger partial charge is 0.507 e. The number of phenolic OH excluding ortho intramolecular Hbond substituents is 2. The average molecular weight is 278 g/mol. The molecule has 2 N–H and O–H groups in total. The minimum absolute atomic E-state index is 0.147. The Morgan fingerprint density at radius 2 is 1.80 bits per heavy atom. The fourth-order valence-corrected chi connectivity index (χ4v) is 2.28. The summed E-state index contributed by atoms with van der Waals surface area (Å²) in [6, 6.07) is 0. The van der Waals surface area contributed by atoms with Crippen molar-refractivity contribution >= 4 is 0 Å². The van der Waals surface area contributed by atoms with E-state index in [9.17, 15) is 10.2 Å². The van der Waals surface area contributed by atoms with Crippen LogP contribution in [0.4, 0.5) is 0 Å². The smallest absolute Gasteiger partial charge is 0.167 e. The molecular weight excluding hydrogens is 252 g/mol. The maximum Gasteiger partial charge on any atom is 0.167 e. The highest BCUT2D eigenvalue weighted by Gasteiger charge is 2.21. The van der Waals surface area contributed by atoms with Crippen LogP contribution in [0, 0.1) is 6.92 Å². The van der Waals surface area contributed by atoms with Crippen molar-refractivity contribution in [3.63, 3.8) is 0 Å². The van der Waals surface area contributed by atoms with E-state index in [-0.39, 0.29) is 11.5 Å². The van der Waals surface area contributed by atoms with Crippen LogP contribution in [0.2, 0.25) is 0 Å². The van der Waals surface area contributed by atoms with Gasteiger partial charge in [-0.25, -0.2) is 0 Å². The molecule has 0 heterocycles. The number of phenols is 2. The minimum Gasteiger partial charge on any atom is -0.507 e. The summed E-state index contributed by atoms with van der Waals surface area (Å²) in [5.41, 5.74) is 3.39. The van der Waals surface area contributed by atoms with E-state index in [0.29, 0.717) is 24.2 Å². The van der Waals surface area contributed by atoms with E-state index in [0.717, 1.165) is 24.0 Å². The van der Waals surface area contributed by atoms with Gasteiger partial charge in [-0.15, -0.1) is 0 Å². The fourth-order valence-electron chi connectivity index (χ4n) is 2.28. The zero-order chi connectivity index (χ0) is 15.3. The molecule has 0 saturated carbocycles. The van der Waals surface area contributed by atoms with Gasteiger partial charge >= 0.3 is 0 Å². The van der Waals surface area contributed by atoms with E-state index in [1.807, 2.05) is 20.8 Å². The van der Waals surface area contributed by atoms with Crippen molar-refractivity contribution in [2.24, 2.45) is 0 Å². The maximum atomic E-state index is 10.5. The SMILES string of the molecule is CCCCc1c(O)c(CC=C(C)C)c(C)c(O)c1OC. The molecule has 1 aromatic rings. The van der Waals surface area contributed by atoms with Gasteiger partial charge in [0.25, 0.3) is 0 Å². The molecule has 1 rings (SSSR count). The number of hydrogen-bond donors (Lipinski definition) is 2. The predicted octanol–water partition coefficient (Wildman–Crippen LogP) is 4.27. The van der Waals surface area contributed by atoms with Gasteiger partial charge in [-0.3, -0.25) is 0 Å². The summed E-state index contributed by atoms with van der Waals surface area (Å²) in [7, 11) is 1.53. The molecule has 3 nitrogen and oxygen atoms in total. The number of rotatable bonds is 6. The number of methoxy groups -OCH3 is 1. The first-order chi connectivity index (χ1) is 9.43. The van der Waals surface area contributed by atoms with E-state index >= 15 is 0 Å². The molecule has 0 aliphatic heterocycles. The molecule has 0 fully saturated rings. The number of benzene rings is 1. The third kappa shape index (κ3) is 3.47. The first kappa shape index (κ1) is 16.4. The van der Waals surface area contributed by atoms with Crippen LogP contribution in [-0.4, -0.2) is 17.3 Å². The average Bonchev–Trinajstić information content (AvgIpc) is 2.41. The second kappa shape index (κ2) is 7.22. The highest BCUT2D eigenvalue weighted by atomic mass is 16.5. The Hall–Kier alpha value is -1.64. The van der Waals surface area contributed by atoms with Gasteiger partial charge in [0.1, 0.15) is 5.75 Å². The highest BCUT2D eigenvalue weighted by Crippen LogP contribution is 2.43. The summed E-state index contributed by atoms with van der Waals surface area (Å²) >= 11 is 0. The molecule has 0 radical (unpaired) electrons. The summed E-state index contributed by atoms with van der Waals surface area (Å²) < 4.78 is 5.29. The summed E-state index contributed by atoms with van der Waals surface area (Å²) in [5, 5.41) is 20.8. The maximum absolute atomic E-state index is 10.5. The Labute approximate surface area is 121 Å². The Balaban J connectivity index is 3.37. The number of aromatic hydroxyl groups is 2. The third-order valence-electron chi connectivity index (χ3n) is 3.57. The van der Waals surface area contributed by atoms with Gasteiger partial charge < -0.3 is 14.9 Å². The second-order valence-electron chi connectivity index (χ2n) is 5.40. The summed E-state index contributed by atoms with van der Waals surface area (Å²) in [5.74, 6) is 0.825. The van der Waals surface area contributed by atoms with Crippen LogP contribution in [0.5, 0.6) is 17.2 Å². The van der Waals surface area contributed by atoms with Crippen molar-refractivity contribution in [3.05, 3.63) is 28.3 Å². The number of hydrogen-bond acceptors (Lipinski definition) is 3. The molecule has 0 aliphatic carbocycles. The minimum atomic E-state index is 0.147. The van der Waals surface area contributed by atoms with E-state index < -0.39 is 0 Å². The molecular formula is C17H26O3. The zero-order valence-corrected chi connectivity index (χ0v) is 13.2. The van der Waals surface area contributed by atoms with Gasteiger partial charge in [-0.05, 0) is 40.0 Å². The van der Waals surface area contributed by atoms with Gasteiger partial charge in [-0.1, -0.05) is 25.0 Å². The van der Waals surface area contributed by atoms with Crippen molar-refractivity contribution in [1.82, 2.24) is 0 Å². The number of ether oxygens (including phenoxy) is 1. The van der Waals surface area contributed by atoms with Crippen molar-refractivity contribution in [3.8, 4) is 17.2 Å². The topological polar surface area (TPSA) is 49.7 Å². The van der Waals surface area contributed by atoms with Crippen molar-refractivity contribution in [1.29, 1.82) is 0 Å². The predicted molar refractivity (Wildman–Crippen MR) is 82.8 cm³/mol. The molecule has 0 atom stereocenters. The third-order valence-corrected chi connectivity index (χ3v) is 3.57. The van der Waals surface area contributed by atoms with E-state index in [2.05, 4.69) is 13.0 Å². The van der Waals surface area contributed by atoms with Crippen LogP contribution in [0.3, 0.4) is 0 Å². The molecule has 0 bridgehead atoms. The molecule has 0 unspecified atom stereocenters. The lowest BCUT2D eigenvalue weighted by Gasteiger charge is -2.18. The van der Waals surface area contributed by atoms with Crippen molar-refractivity contribution in [2.45, 2.75) is 53.4 Å². The molecule has 0 aromatic heterocycles. The van der Waals surface area contributed by atoms with Crippen LogP contribution in [0.15, 0.2) is 11.6 Å². The number of allylic oxidation sites excluding steroid dienone is 2. The fraction of sp³-hybridized carbons (Fsp3) is 0.529. The molecule has 1 aromatic carbocycles. The van der Waals surface area contributed by atoms with Crippen LogP contribution in [-0.2, 0) is 12.8 Å². The molecule has 20 heavy (non-hydrogen) atoms. The summed E-state index contributed by atoms with van der Waals surface area (Å²) in [4.78, 5) is 0. The molecule has 0 amide bonds. The summed E-state index contributed by atoms with van der Waals surface area (Å²) in [6.07, 6.45) is 5.37. The van der Waals surface area contributed by atoms with Gasteiger partial charge in [0.15, 0.2) is 11.5 Å². The van der Waals surface area contributed by atoms with E-state index in [1.165, 1.54) is 12.7 Å². The lowest BCUT2D eigenvalue weighted by molar-refractivity contribution is 0.358. The van der Waals surface area contributed by atoms with E-state index in [4.69, 9.17) is 4.74 Å². The first-order valence-corrected chi connectivity index (χ1v) is 7.17. The lowest BCUT2D eigenvalue weighted by Crippen LogP contribution is -2.00. The Bertz CT molecular complexity index is 498. The Kier molecular flexibility index (Phi) is 5.93. The molecule has 0 spiro atoms. The van der Waals surface area contributed by atoms with Gasteiger partial charge in [-0.2, -0.15) is 0 Å². The first-order valence-electron chi connectivity index (χ1n) is 7.17. The van der Waals surface area contributed by atoms with E-state index in [1.54, 1.807) is 0 Å². The molecule has 0 aliphatic rings. The monoisotopic (exact) mass is 278 g/mol. The van der Waals surface area contributed by atoms with Crippen LogP contribution in [0.25, 0.3) is 0 Å². The molecule has 3 heteroatoms. The lowest BCUT2D eigenvalue weighted by atomic mass is 9.95. The Morgan fingerprint density at radius 1 is 1.15 bits per heavy atom. The van der Waals surface area contributed by atoms with Crippen LogP contribution in [0.1, 0.15) is 50.3 Å². The highest BCUT2D eigenvalue weighted by molar-refractivity contribution is 5.62. The standard InChI is InChI=1S/C17H26O3/c1-6-7-8-14-16(19)13(10-9-11(2)3)12(4)15(18)17(14)20-5/h9,18-19H,6-8,10H2,1-5H3. The normalized spacial score (nSPS) is 10.4. The molecule has 112 valence electrons. The van der Waals surface area contributed by atoms with Crippen LogP contribution >= 0.6 is 0 Å². The summed E-state index contributed by atoms with van der Waals surface area (Å²) in [6.45, 7) is 7.96.